The average Bonchev–Trinajstić information content (AvgIpc) is 2.68. The van der Waals surface area contributed by atoms with Gasteiger partial charge in [-0.3, -0.25) is 9.48 Å². The van der Waals surface area contributed by atoms with Crippen molar-refractivity contribution in [1.29, 1.82) is 0 Å². The molecular formula is C14H20N2O4. The molecule has 110 valence electrons. The number of aromatic carboxylic acids is 1. The van der Waals surface area contributed by atoms with Gasteiger partial charge in [0.15, 0.2) is 5.69 Å². The van der Waals surface area contributed by atoms with Gasteiger partial charge in [-0.15, -0.1) is 0 Å². The second-order valence-electron chi connectivity index (χ2n) is 6.28. The van der Waals surface area contributed by atoms with Crippen LogP contribution in [0.25, 0.3) is 0 Å². The van der Waals surface area contributed by atoms with Crippen molar-refractivity contribution in [3.8, 4) is 0 Å². The third-order valence-electron chi connectivity index (χ3n) is 3.66. The van der Waals surface area contributed by atoms with E-state index in [0.717, 1.165) is 18.5 Å². The monoisotopic (exact) mass is 280 g/mol. The molecule has 1 atom stereocenters. The highest BCUT2D eigenvalue weighted by molar-refractivity contribution is 5.88. The molecule has 2 N–H and O–H groups in total. The van der Waals surface area contributed by atoms with E-state index in [9.17, 15) is 14.7 Å². The smallest absolute Gasteiger partial charge is 0.356 e. The van der Waals surface area contributed by atoms with Crippen LogP contribution in [0, 0.1) is 0 Å². The van der Waals surface area contributed by atoms with Crippen molar-refractivity contribution in [1.82, 2.24) is 9.78 Å². The molecular weight excluding hydrogens is 260 g/mol. The summed E-state index contributed by atoms with van der Waals surface area (Å²) >= 11 is 0. The molecule has 1 aliphatic rings. The number of hydrogen-bond donors (Lipinski definition) is 2. The van der Waals surface area contributed by atoms with Crippen molar-refractivity contribution in [3.63, 3.8) is 0 Å². The highest BCUT2D eigenvalue weighted by Gasteiger charge is 2.34. The quantitative estimate of drug-likeness (QED) is 0.885. The van der Waals surface area contributed by atoms with Crippen molar-refractivity contribution < 1.29 is 19.8 Å². The van der Waals surface area contributed by atoms with Crippen molar-refractivity contribution >= 4 is 11.9 Å². The third-order valence-corrected chi connectivity index (χ3v) is 3.66. The Labute approximate surface area is 117 Å². The van der Waals surface area contributed by atoms with Gasteiger partial charge in [0.2, 0.25) is 0 Å². The molecule has 0 aromatic carbocycles. The Morgan fingerprint density at radius 1 is 1.35 bits per heavy atom. The first-order valence-corrected chi connectivity index (χ1v) is 6.79. The summed E-state index contributed by atoms with van der Waals surface area (Å²) in [5.41, 5.74) is 1.21. The Bertz CT molecular complexity index is 554. The zero-order chi connectivity index (χ0) is 15.1. The molecule has 2 rings (SSSR count). The second-order valence-corrected chi connectivity index (χ2v) is 6.28. The van der Waals surface area contributed by atoms with Crippen LogP contribution in [0.3, 0.4) is 0 Å². The SMILES string of the molecule is CC(C)(C)n1nc(C(=O)O)c2c1CCCC2CC(=O)O. The van der Waals surface area contributed by atoms with Gasteiger partial charge in [0, 0.05) is 11.3 Å². The Kier molecular flexibility index (Phi) is 3.58. The van der Waals surface area contributed by atoms with Crippen LogP contribution in [0.4, 0.5) is 0 Å². The molecule has 1 aliphatic carbocycles. The zero-order valence-electron chi connectivity index (χ0n) is 12.0. The third kappa shape index (κ3) is 2.55. The minimum Gasteiger partial charge on any atom is -0.481 e. The fourth-order valence-corrected chi connectivity index (χ4v) is 2.92. The average molecular weight is 280 g/mol. The van der Waals surface area contributed by atoms with Gasteiger partial charge in [0.05, 0.1) is 12.0 Å². The maximum absolute atomic E-state index is 11.4. The minimum atomic E-state index is -1.08. The molecule has 6 nitrogen and oxygen atoms in total. The lowest BCUT2D eigenvalue weighted by Gasteiger charge is -2.27. The largest absolute Gasteiger partial charge is 0.481 e. The molecule has 0 radical (unpaired) electrons. The van der Waals surface area contributed by atoms with Crippen molar-refractivity contribution in [3.05, 3.63) is 17.0 Å². The summed E-state index contributed by atoms with van der Waals surface area (Å²) in [6.45, 7) is 5.89. The summed E-state index contributed by atoms with van der Waals surface area (Å²) < 4.78 is 1.75. The predicted octanol–water partition coefficient (Wildman–Crippen LogP) is 2.23. The number of aromatic nitrogens is 2. The van der Waals surface area contributed by atoms with E-state index in [-0.39, 0.29) is 23.6 Å². The van der Waals surface area contributed by atoms with Gasteiger partial charge in [0.1, 0.15) is 0 Å². The molecule has 0 amide bonds. The number of carboxylic acids is 2. The molecule has 0 aliphatic heterocycles. The fourth-order valence-electron chi connectivity index (χ4n) is 2.92. The van der Waals surface area contributed by atoms with Crippen LogP contribution in [-0.4, -0.2) is 31.9 Å². The van der Waals surface area contributed by atoms with Crippen LogP contribution in [0.5, 0.6) is 0 Å². The molecule has 6 heteroatoms. The molecule has 1 heterocycles. The predicted molar refractivity (Wildman–Crippen MR) is 72.1 cm³/mol. The summed E-state index contributed by atoms with van der Waals surface area (Å²) in [5.74, 6) is -2.23. The van der Waals surface area contributed by atoms with Crippen LogP contribution >= 0.6 is 0 Å². The van der Waals surface area contributed by atoms with E-state index < -0.39 is 11.9 Å². The Balaban J connectivity index is 2.59. The fraction of sp³-hybridized carbons (Fsp3) is 0.643. The van der Waals surface area contributed by atoms with Crippen LogP contribution in [0.15, 0.2) is 0 Å². The first kappa shape index (κ1) is 14.6. The first-order chi connectivity index (χ1) is 9.21. The number of carbonyl (C=O) groups is 2. The number of fused-ring (bicyclic) bond motifs is 1. The summed E-state index contributed by atoms with van der Waals surface area (Å²) in [6, 6.07) is 0. The number of carboxylic acid groups (broad SMARTS) is 2. The van der Waals surface area contributed by atoms with E-state index in [0.29, 0.717) is 12.0 Å². The Morgan fingerprint density at radius 3 is 2.50 bits per heavy atom. The molecule has 0 bridgehead atoms. The van der Waals surface area contributed by atoms with Crippen LogP contribution in [0.1, 0.15) is 67.7 Å². The van der Waals surface area contributed by atoms with Gasteiger partial charge in [-0.25, -0.2) is 4.79 Å². The number of aliphatic carboxylic acids is 1. The lowest BCUT2D eigenvalue weighted by atomic mass is 9.83. The van der Waals surface area contributed by atoms with E-state index >= 15 is 0 Å². The maximum Gasteiger partial charge on any atom is 0.356 e. The molecule has 0 fully saturated rings. The normalized spacial score (nSPS) is 18.6. The van der Waals surface area contributed by atoms with Crippen molar-refractivity contribution in [2.24, 2.45) is 0 Å². The van der Waals surface area contributed by atoms with Gasteiger partial charge in [-0.2, -0.15) is 5.10 Å². The van der Waals surface area contributed by atoms with Crippen LogP contribution < -0.4 is 0 Å². The van der Waals surface area contributed by atoms with Gasteiger partial charge < -0.3 is 10.2 Å². The Hall–Kier alpha value is -1.85. The van der Waals surface area contributed by atoms with Crippen molar-refractivity contribution in [2.75, 3.05) is 0 Å². The molecule has 1 aromatic rings. The summed E-state index contributed by atoms with van der Waals surface area (Å²) in [7, 11) is 0. The number of nitrogens with zero attached hydrogens (tertiary/aromatic N) is 2. The van der Waals surface area contributed by atoms with E-state index in [4.69, 9.17) is 5.11 Å². The highest BCUT2D eigenvalue weighted by atomic mass is 16.4. The van der Waals surface area contributed by atoms with E-state index in [1.54, 1.807) is 4.68 Å². The zero-order valence-corrected chi connectivity index (χ0v) is 12.0. The molecule has 0 saturated heterocycles. The van der Waals surface area contributed by atoms with Crippen LogP contribution in [0.2, 0.25) is 0 Å². The van der Waals surface area contributed by atoms with Gasteiger partial charge in [-0.1, -0.05) is 0 Å². The van der Waals surface area contributed by atoms with Crippen molar-refractivity contribution in [2.45, 2.75) is 57.9 Å². The second kappa shape index (κ2) is 4.92. The van der Waals surface area contributed by atoms with Gasteiger partial charge in [-0.05, 0) is 46.0 Å². The maximum atomic E-state index is 11.4. The number of hydrogen-bond acceptors (Lipinski definition) is 3. The Morgan fingerprint density at radius 2 is 2.00 bits per heavy atom. The standard InChI is InChI=1S/C14H20N2O4/c1-14(2,3)16-9-6-4-5-8(7-10(17)18)11(9)12(15-16)13(19)20/h8H,4-7H2,1-3H3,(H,17,18)(H,19,20). The summed E-state index contributed by atoms with van der Waals surface area (Å²) in [5, 5.41) is 22.6. The molecule has 20 heavy (non-hydrogen) atoms. The summed E-state index contributed by atoms with van der Waals surface area (Å²) in [6.07, 6.45) is 2.29. The lowest BCUT2D eigenvalue weighted by Crippen LogP contribution is -2.27. The first-order valence-electron chi connectivity index (χ1n) is 6.79. The number of rotatable bonds is 3. The highest BCUT2D eigenvalue weighted by Crippen LogP contribution is 2.38. The van der Waals surface area contributed by atoms with Gasteiger partial charge in [0.25, 0.3) is 0 Å². The molecule has 1 unspecified atom stereocenters. The lowest BCUT2D eigenvalue weighted by molar-refractivity contribution is -0.137. The summed E-state index contributed by atoms with van der Waals surface area (Å²) in [4.78, 5) is 22.4. The minimum absolute atomic E-state index is 0.0147. The molecule has 1 aromatic heterocycles. The van der Waals surface area contributed by atoms with Crippen LogP contribution in [-0.2, 0) is 16.8 Å². The van der Waals surface area contributed by atoms with E-state index in [1.165, 1.54) is 0 Å². The van der Waals surface area contributed by atoms with E-state index in [2.05, 4.69) is 5.10 Å². The van der Waals surface area contributed by atoms with E-state index in [1.807, 2.05) is 20.8 Å². The molecule has 0 saturated carbocycles. The topological polar surface area (TPSA) is 92.4 Å². The molecule has 0 spiro atoms. The van der Waals surface area contributed by atoms with Gasteiger partial charge >= 0.3 is 11.9 Å².